The summed E-state index contributed by atoms with van der Waals surface area (Å²) in [6.07, 6.45) is 0. The highest BCUT2D eigenvalue weighted by Crippen LogP contribution is 2.28. The Morgan fingerprint density at radius 1 is 1.22 bits per heavy atom. The number of hydrazine groups is 1. The third-order valence-electron chi connectivity index (χ3n) is 2.18. The van der Waals surface area contributed by atoms with Crippen molar-refractivity contribution in [1.82, 2.24) is 9.97 Å². The normalized spacial score (nSPS) is 10.2. The molecule has 0 radical (unpaired) electrons. The second kappa shape index (κ2) is 5.51. The molecule has 0 saturated carbocycles. The molecule has 0 unspecified atom stereocenters. The summed E-state index contributed by atoms with van der Waals surface area (Å²) in [5, 5.41) is 3.73. The molecule has 0 atom stereocenters. The Morgan fingerprint density at radius 3 is 2.67 bits per heavy atom. The molecule has 0 saturated heterocycles. The Morgan fingerprint density at radius 2 is 1.94 bits per heavy atom. The minimum atomic E-state index is 0.538. The molecule has 1 heterocycles. The van der Waals surface area contributed by atoms with E-state index in [1.807, 2.05) is 12.1 Å². The van der Waals surface area contributed by atoms with E-state index in [0.717, 1.165) is 10.2 Å². The smallest absolute Gasteiger partial charge is 0.145 e. The Labute approximate surface area is 118 Å². The first kappa shape index (κ1) is 13.1. The summed E-state index contributed by atoms with van der Waals surface area (Å²) in [5.41, 5.74) is 3.24. The van der Waals surface area contributed by atoms with Gasteiger partial charge in [-0.3, -0.25) is 0 Å². The summed E-state index contributed by atoms with van der Waals surface area (Å²) in [6.45, 7) is 1.79. The second-order valence-corrected chi connectivity index (χ2v) is 4.90. The average molecular weight is 329 g/mol. The summed E-state index contributed by atoms with van der Waals surface area (Å²) in [4.78, 5) is 8.36. The molecular weight excluding hydrogens is 318 g/mol. The van der Waals surface area contributed by atoms with Crippen molar-refractivity contribution < 1.29 is 0 Å². The summed E-state index contributed by atoms with van der Waals surface area (Å²) < 4.78 is 0.928. The van der Waals surface area contributed by atoms with E-state index in [-0.39, 0.29) is 0 Å². The lowest BCUT2D eigenvalue weighted by Crippen LogP contribution is -2.10. The molecule has 1 aromatic carbocycles. The van der Waals surface area contributed by atoms with Gasteiger partial charge in [-0.2, -0.15) is 0 Å². The zero-order valence-electron chi connectivity index (χ0n) is 9.54. The SMILES string of the molecule is Cc1nc(NN)cc(Nc2cc(Br)ccc2Cl)n1. The van der Waals surface area contributed by atoms with Crippen molar-refractivity contribution in [3.05, 3.63) is 39.6 Å². The van der Waals surface area contributed by atoms with E-state index in [9.17, 15) is 0 Å². The highest BCUT2D eigenvalue weighted by Gasteiger charge is 2.05. The third-order valence-corrected chi connectivity index (χ3v) is 3.00. The van der Waals surface area contributed by atoms with Crippen LogP contribution in [0.15, 0.2) is 28.7 Å². The Hall–Kier alpha value is -1.37. The van der Waals surface area contributed by atoms with E-state index in [1.54, 1.807) is 19.1 Å². The van der Waals surface area contributed by atoms with Crippen molar-refractivity contribution >= 4 is 44.9 Å². The predicted octanol–water partition coefficient (Wildman–Crippen LogP) is 3.23. The lowest BCUT2D eigenvalue weighted by Gasteiger charge is -2.10. The van der Waals surface area contributed by atoms with E-state index in [1.165, 1.54) is 0 Å². The number of nitrogens with two attached hydrogens (primary N) is 1. The standard InChI is InChI=1S/C11H11BrClN5/c1-6-15-10(5-11(16-6)18-14)17-9-4-7(12)2-3-8(9)13/h2-5H,14H2,1H3,(H2,15,16,17,18). The van der Waals surface area contributed by atoms with E-state index in [2.05, 4.69) is 36.6 Å². The molecule has 0 aliphatic heterocycles. The van der Waals surface area contributed by atoms with Gasteiger partial charge in [-0.1, -0.05) is 27.5 Å². The summed E-state index contributed by atoms with van der Waals surface area (Å²) in [7, 11) is 0. The van der Waals surface area contributed by atoms with Crippen molar-refractivity contribution in [3.8, 4) is 0 Å². The average Bonchev–Trinajstić information content (AvgIpc) is 2.33. The molecule has 5 nitrogen and oxygen atoms in total. The van der Waals surface area contributed by atoms with Crippen molar-refractivity contribution in [1.29, 1.82) is 0 Å². The molecule has 0 fully saturated rings. The molecule has 0 aliphatic carbocycles. The van der Waals surface area contributed by atoms with Crippen LogP contribution in [0.4, 0.5) is 17.3 Å². The number of hydrogen-bond donors (Lipinski definition) is 3. The van der Waals surface area contributed by atoms with Gasteiger partial charge >= 0.3 is 0 Å². The summed E-state index contributed by atoms with van der Waals surface area (Å²) in [5.74, 6) is 7.10. The molecular formula is C11H11BrClN5. The molecule has 0 aliphatic rings. The largest absolute Gasteiger partial charge is 0.339 e. The fraction of sp³-hybridized carbons (Fsp3) is 0.0909. The lowest BCUT2D eigenvalue weighted by atomic mass is 10.3. The lowest BCUT2D eigenvalue weighted by molar-refractivity contribution is 1.05. The van der Waals surface area contributed by atoms with Crippen LogP contribution in [0, 0.1) is 6.92 Å². The van der Waals surface area contributed by atoms with E-state index >= 15 is 0 Å². The number of nitrogens with one attached hydrogen (secondary N) is 2. The van der Waals surface area contributed by atoms with Gasteiger partial charge in [0.05, 0.1) is 10.7 Å². The number of nitrogen functional groups attached to an aromatic ring is 1. The van der Waals surface area contributed by atoms with Gasteiger partial charge in [0.15, 0.2) is 0 Å². The number of hydrogen-bond acceptors (Lipinski definition) is 5. The first-order valence-corrected chi connectivity index (χ1v) is 6.30. The van der Waals surface area contributed by atoms with Gasteiger partial charge in [0, 0.05) is 10.5 Å². The van der Waals surface area contributed by atoms with Gasteiger partial charge in [-0.15, -0.1) is 0 Å². The molecule has 4 N–H and O–H groups in total. The van der Waals surface area contributed by atoms with E-state index in [0.29, 0.717) is 22.5 Å². The fourth-order valence-electron chi connectivity index (χ4n) is 1.44. The molecule has 2 rings (SSSR count). The molecule has 1 aromatic heterocycles. The maximum absolute atomic E-state index is 6.09. The van der Waals surface area contributed by atoms with Gasteiger partial charge in [0.25, 0.3) is 0 Å². The van der Waals surface area contributed by atoms with Crippen molar-refractivity contribution in [2.75, 3.05) is 10.7 Å². The van der Waals surface area contributed by atoms with Crippen molar-refractivity contribution in [3.63, 3.8) is 0 Å². The maximum Gasteiger partial charge on any atom is 0.145 e. The molecule has 0 bridgehead atoms. The van der Waals surface area contributed by atoms with Gasteiger partial charge in [0.2, 0.25) is 0 Å². The monoisotopic (exact) mass is 327 g/mol. The fourth-order valence-corrected chi connectivity index (χ4v) is 1.96. The third kappa shape index (κ3) is 3.10. The molecule has 7 heteroatoms. The van der Waals surface area contributed by atoms with Crippen LogP contribution >= 0.6 is 27.5 Å². The van der Waals surface area contributed by atoms with Crippen molar-refractivity contribution in [2.24, 2.45) is 5.84 Å². The van der Waals surface area contributed by atoms with Crippen LogP contribution in [0.5, 0.6) is 0 Å². The topological polar surface area (TPSA) is 75.9 Å². The summed E-state index contributed by atoms with van der Waals surface area (Å²) in [6, 6.07) is 7.23. The van der Waals surface area contributed by atoms with Crippen LogP contribution in [0.3, 0.4) is 0 Å². The zero-order valence-corrected chi connectivity index (χ0v) is 11.9. The summed E-state index contributed by atoms with van der Waals surface area (Å²) >= 11 is 9.48. The first-order chi connectivity index (χ1) is 8.58. The quantitative estimate of drug-likeness (QED) is 0.596. The molecule has 2 aromatic rings. The van der Waals surface area contributed by atoms with Crippen LogP contribution in [-0.2, 0) is 0 Å². The number of rotatable bonds is 3. The van der Waals surface area contributed by atoms with Crippen LogP contribution in [0.25, 0.3) is 0 Å². The Bertz CT molecular complexity index is 575. The first-order valence-electron chi connectivity index (χ1n) is 5.13. The van der Waals surface area contributed by atoms with Gasteiger partial charge in [-0.05, 0) is 25.1 Å². The number of nitrogens with zero attached hydrogens (tertiary/aromatic N) is 2. The molecule has 0 spiro atoms. The highest BCUT2D eigenvalue weighted by atomic mass is 79.9. The zero-order chi connectivity index (χ0) is 13.1. The predicted molar refractivity (Wildman–Crippen MR) is 77.0 cm³/mol. The Kier molecular flexibility index (Phi) is 4.00. The van der Waals surface area contributed by atoms with E-state index < -0.39 is 0 Å². The van der Waals surface area contributed by atoms with Crippen LogP contribution in [-0.4, -0.2) is 9.97 Å². The Balaban J connectivity index is 2.33. The van der Waals surface area contributed by atoms with Gasteiger partial charge in [0.1, 0.15) is 17.5 Å². The minimum absolute atomic E-state index is 0.538. The highest BCUT2D eigenvalue weighted by molar-refractivity contribution is 9.10. The molecule has 0 amide bonds. The molecule has 18 heavy (non-hydrogen) atoms. The number of aryl methyl sites for hydroxylation is 1. The number of anilines is 3. The van der Waals surface area contributed by atoms with Crippen LogP contribution < -0.4 is 16.6 Å². The number of benzene rings is 1. The second-order valence-electron chi connectivity index (χ2n) is 3.58. The van der Waals surface area contributed by atoms with Gasteiger partial charge < -0.3 is 10.7 Å². The van der Waals surface area contributed by atoms with Crippen LogP contribution in [0.1, 0.15) is 5.82 Å². The maximum atomic E-state index is 6.09. The van der Waals surface area contributed by atoms with E-state index in [4.69, 9.17) is 17.4 Å². The molecule has 94 valence electrons. The number of halogens is 2. The van der Waals surface area contributed by atoms with Crippen molar-refractivity contribution in [2.45, 2.75) is 6.92 Å². The van der Waals surface area contributed by atoms with Gasteiger partial charge in [-0.25, -0.2) is 15.8 Å². The number of aromatic nitrogens is 2. The van der Waals surface area contributed by atoms with Crippen LogP contribution in [0.2, 0.25) is 5.02 Å². The minimum Gasteiger partial charge on any atom is -0.339 e.